The number of rotatable bonds is 5. The van der Waals surface area contributed by atoms with Crippen molar-refractivity contribution < 1.29 is 0 Å². The Kier molecular flexibility index (Phi) is 3.79. The van der Waals surface area contributed by atoms with E-state index in [1.54, 1.807) is 0 Å². The second-order valence-electron chi connectivity index (χ2n) is 4.78. The molecule has 0 radical (unpaired) electrons. The van der Waals surface area contributed by atoms with Crippen LogP contribution < -0.4 is 5.32 Å². The Balaban J connectivity index is 1.81. The number of benzene rings is 1. The van der Waals surface area contributed by atoms with Crippen molar-refractivity contribution in [3.8, 4) is 0 Å². The molecule has 0 atom stereocenters. The van der Waals surface area contributed by atoms with Gasteiger partial charge in [-0.05, 0) is 50.8 Å². The first-order valence-corrected chi connectivity index (χ1v) is 6.23. The van der Waals surface area contributed by atoms with E-state index < -0.39 is 0 Å². The summed E-state index contributed by atoms with van der Waals surface area (Å²) in [5.74, 6) is 0. The highest BCUT2D eigenvalue weighted by Gasteiger charge is 2.19. The maximum Gasteiger partial charge on any atom is 0.00683 e. The summed E-state index contributed by atoms with van der Waals surface area (Å²) in [6, 6.07) is 7.44. The number of hydrogen-bond acceptors (Lipinski definition) is 1. The fourth-order valence-electron chi connectivity index (χ4n) is 1.81. The second kappa shape index (κ2) is 5.31. The minimum Gasteiger partial charge on any atom is -0.314 e. The van der Waals surface area contributed by atoms with E-state index in [1.807, 2.05) is 0 Å². The van der Waals surface area contributed by atoms with E-state index in [4.69, 9.17) is 0 Å². The SMILES string of the molecule is Cc1ccc(C)c(C=CCCNC2CC2)c1. The van der Waals surface area contributed by atoms with Crippen LogP contribution in [0.1, 0.15) is 36.0 Å². The van der Waals surface area contributed by atoms with Crippen molar-refractivity contribution in [3.63, 3.8) is 0 Å². The molecular formula is C15H21N. The third kappa shape index (κ3) is 3.49. The monoisotopic (exact) mass is 215 g/mol. The Labute approximate surface area is 98.6 Å². The maximum absolute atomic E-state index is 3.52. The normalized spacial score (nSPS) is 15.9. The third-order valence-electron chi connectivity index (χ3n) is 3.05. The Hall–Kier alpha value is -1.08. The van der Waals surface area contributed by atoms with Gasteiger partial charge in [-0.25, -0.2) is 0 Å². The van der Waals surface area contributed by atoms with Crippen LogP contribution in [-0.2, 0) is 0 Å². The molecule has 0 heterocycles. The van der Waals surface area contributed by atoms with Crippen molar-refractivity contribution >= 4 is 6.08 Å². The lowest BCUT2D eigenvalue weighted by molar-refractivity contribution is 0.691. The summed E-state index contributed by atoms with van der Waals surface area (Å²) < 4.78 is 0. The highest BCUT2D eigenvalue weighted by molar-refractivity contribution is 5.54. The molecule has 86 valence electrons. The van der Waals surface area contributed by atoms with Crippen LogP contribution in [-0.4, -0.2) is 12.6 Å². The molecule has 0 aliphatic heterocycles. The summed E-state index contributed by atoms with van der Waals surface area (Å²) in [4.78, 5) is 0. The molecule has 1 N–H and O–H groups in total. The molecular weight excluding hydrogens is 194 g/mol. The fraction of sp³-hybridized carbons (Fsp3) is 0.467. The first-order valence-electron chi connectivity index (χ1n) is 6.23. The van der Waals surface area contributed by atoms with Gasteiger partial charge in [0, 0.05) is 6.04 Å². The van der Waals surface area contributed by atoms with E-state index in [0.717, 1.165) is 19.0 Å². The molecule has 0 bridgehead atoms. The molecule has 1 saturated carbocycles. The molecule has 0 amide bonds. The van der Waals surface area contributed by atoms with Crippen LogP contribution in [0.4, 0.5) is 0 Å². The molecule has 1 heteroatoms. The average molecular weight is 215 g/mol. The fourth-order valence-corrected chi connectivity index (χ4v) is 1.81. The zero-order chi connectivity index (χ0) is 11.4. The second-order valence-corrected chi connectivity index (χ2v) is 4.78. The van der Waals surface area contributed by atoms with Crippen molar-refractivity contribution in [2.75, 3.05) is 6.54 Å². The summed E-state index contributed by atoms with van der Waals surface area (Å²) >= 11 is 0. The lowest BCUT2D eigenvalue weighted by atomic mass is 10.1. The van der Waals surface area contributed by atoms with Crippen molar-refractivity contribution in [1.29, 1.82) is 0 Å². The Bertz CT molecular complexity index is 375. The maximum atomic E-state index is 3.52. The predicted molar refractivity (Wildman–Crippen MR) is 70.6 cm³/mol. The van der Waals surface area contributed by atoms with Gasteiger partial charge in [-0.3, -0.25) is 0 Å². The van der Waals surface area contributed by atoms with Crippen LogP contribution in [0.3, 0.4) is 0 Å². The van der Waals surface area contributed by atoms with Crippen LogP contribution >= 0.6 is 0 Å². The molecule has 2 rings (SSSR count). The average Bonchev–Trinajstić information content (AvgIpc) is 3.06. The van der Waals surface area contributed by atoms with Crippen molar-refractivity contribution in [2.24, 2.45) is 0 Å². The van der Waals surface area contributed by atoms with Gasteiger partial charge in [0.2, 0.25) is 0 Å². The largest absolute Gasteiger partial charge is 0.314 e. The Morgan fingerprint density at radius 1 is 1.31 bits per heavy atom. The summed E-state index contributed by atoms with van der Waals surface area (Å²) in [5, 5.41) is 3.52. The molecule has 1 nitrogen and oxygen atoms in total. The van der Waals surface area contributed by atoms with E-state index >= 15 is 0 Å². The van der Waals surface area contributed by atoms with Crippen molar-refractivity contribution in [2.45, 2.75) is 39.2 Å². The zero-order valence-corrected chi connectivity index (χ0v) is 10.3. The van der Waals surface area contributed by atoms with Crippen LogP contribution in [0, 0.1) is 13.8 Å². The number of aryl methyl sites for hydroxylation is 2. The van der Waals surface area contributed by atoms with E-state index in [9.17, 15) is 0 Å². The van der Waals surface area contributed by atoms with Crippen molar-refractivity contribution in [1.82, 2.24) is 5.32 Å². The van der Waals surface area contributed by atoms with Gasteiger partial charge in [0.05, 0.1) is 0 Å². The first-order chi connectivity index (χ1) is 7.75. The minimum absolute atomic E-state index is 0.828. The quantitative estimate of drug-likeness (QED) is 0.742. The molecule has 1 aliphatic rings. The number of nitrogens with one attached hydrogen (secondary N) is 1. The smallest absolute Gasteiger partial charge is 0.00683 e. The van der Waals surface area contributed by atoms with Gasteiger partial charge in [-0.2, -0.15) is 0 Å². The van der Waals surface area contributed by atoms with Gasteiger partial charge in [0.1, 0.15) is 0 Å². The predicted octanol–water partition coefficient (Wildman–Crippen LogP) is 3.46. The van der Waals surface area contributed by atoms with E-state index in [0.29, 0.717) is 0 Å². The molecule has 1 aliphatic carbocycles. The molecule has 0 unspecified atom stereocenters. The lowest BCUT2D eigenvalue weighted by Gasteiger charge is -2.02. The summed E-state index contributed by atoms with van der Waals surface area (Å²) in [6.45, 7) is 5.43. The summed E-state index contributed by atoms with van der Waals surface area (Å²) in [5.41, 5.74) is 4.05. The van der Waals surface area contributed by atoms with Gasteiger partial charge in [0.25, 0.3) is 0 Å². The third-order valence-corrected chi connectivity index (χ3v) is 3.05. The van der Waals surface area contributed by atoms with Crippen LogP contribution in [0.2, 0.25) is 0 Å². The van der Waals surface area contributed by atoms with Gasteiger partial charge < -0.3 is 5.32 Å². The topological polar surface area (TPSA) is 12.0 Å². The molecule has 16 heavy (non-hydrogen) atoms. The lowest BCUT2D eigenvalue weighted by Crippen LogP contribution is -2.16. The highest BCUT2D eigenvalue weighted by Crippen LogP contribution is 2.18. The van der Waals surface area contributed by atoms with E-state index in [2.05, 4.69) is 49.5 Å². The summed E-state index contributed by atoms with van der Waals surface area (Å²) in [6.07, 6.45) is 8.40. The molecule has 1 aromatic rings. The Morgan fingerprint density at radius 3 is 2.88 bits per heavy atom. The van der Waals surface area contributed by atoms with Gasteiger partial charge in [-0.15, -0.1) is 0 Å². The zero-order valence-electron chi connectivity index (χ0n) is 10.3. The minimum atomic E-state index is 0.828. The van der Waals surface area contributed by atoms with Crippen LogP contribution in [0.15, 0.2) is 24.3 Å². The summed E-state index contributed by atoms with van der Waals surface area (Å²) in [7, 11) is 0. The molecule has 0 saturated heterocycles. The van der Waals surface area contributed by atoms with Crippen LogP contribution in [0.5, 0.6) is 0 Å². The van der Waals surface area contributed by atoms with E-state index in [-0.39, 0.29) is 0 Å². The molecule has 1 aromatic carbocycles. The van der Waals surface area contributed by atoms with Crippen molar-refractivity contribution in [3.05, 3.63) is 41.0 Å². The standard InChI is InChI=1S/C15H21N/c1-12-6-7-13(2)14(11-12)5-3-4-10-16-15-8-9-15/h3,5-7,11,15-16H,4,8-10H2,1-2H3. The van der Waals surface area contributed by atoms with Gasteiger partial charge in [0.15, 0.2) is 0 Å². The van der Waals surface area contributed by atoms with Crippen LogP contribution in [0.25, 0.3) is 6.08 Å². The number of hydrogen-bond donors (Lipinski definition) is 1. The van der Waals surface area contributed by atoms with Gasteiger partial charge >= 0.3 is 0 Å². The van der Waals surface area contributed by atoms with Gasteiger partial charge in [-0.1, -0.05) is 35.9 Å². The highest BCUT2D eigenvalue weighted by atomic mass is 14.9. The molecule has 1 fully saturated rings. The molecule has 0 spiro atoms. The molecule has 0 aromatic heterocycles. The van der Waals surface area contributed by atoms with E-state index in [1.165, 1.54) is 29.5 Å². The Morgan fingerprint density at radius 2 is 2.12 bits per heavy atom. The first kappa shape index (κ1) is 11.4.